The van der Waals surface area contributed by atoms with Gasteiger partial charge in [0.2, 0.25) is 0 Å². The van der Waals surface area contributed by atoms with Gasteiger partial charge in [0.05, 0.1) is 10.7 Å². The highest BCUT2D eigenvalue weighted by atomic mass is 35.5. The second-order valence-corrected chi connectivity index (χ2v) is 11.3. The molecule has 1 aromatic heterocycles. The van der Waals surface area contributed by atoms with Crippen LogP contribution in [0.1, 0.15) is 37.1 Å². The fourth-order valence-electron chi connectivity index (χ4n) is 4.40. The number of anilines is 1. The highest BCUT2D eigenvalue weighted by Crippen LogP contribution is 2.34. The Labute approximate surface area is 184 Å². The fourth-order valence-corrected chi connectivity index (χ4v) is 7.03. The Bertz CT molecular complexity index is 988. The molecule has 1 saturated carbocycles. The minimum atomic E-state index is -3.91. The first-order valence-electron chi connectivity index (χ1n) is 10.1. The van der Waals surface area contributed by atoms with Crippen LogP contribution >= 0.6 is 22.9 Å². The number of halogens is 3. The maximum absolute atomic E-state index is 14.8. The molecule has 1 unspecified atom stereocenters. The van der Waals surface area contributed by atoms with Gasteiger partial charge in [-0.25, -0.2) is 22.2 Å². The number of thiazole rings is 1. The molecular formula is C20H24ClF2N3O2S2. The van der Waals surface area contributed by atoms with Crippen molar-refractivity contribution in [1.29, 1.82) is 0 Å². The third kappa shape index (κ3) is 4.79. The quantitative estimate of drug-likeness (QED) is 0.657. The fraction of sp³-hybridized carbons (Fsp3) is 0.550. The minimum absolute atomic E-state index is 0.0127. The average Bonchev–Trinajstić information content (AvgIpc) is 3.36. The molecule has 0 bridgehead atoms. The van der Waals surface area contributed by atoms with Gasteiger partial charge in [-0.1, -0.05) is 24.4 Å². The topological polar surface area (TPSA) is 62.3 Å². The molecule has 0 radical (unpaired) electrons. The van der Waals surface area contributed by atoms with Crippen LogP contribution < -0.4 is 5.32 Å². The third-order valence-corrected chi connectivity index (χ3v) is 8.77. The lowest BCUT2D eigenvalue weighted by Crippen LogP contribution is -2.48. The van der Waals surface area contributed by atoms with Crippen molar-refractivity contribution < 1.29 is 17.2 Å². The summed E-state index contributed by atoms with van der Waals surface area (Å²) >= 11 is 7.56. The number of sulfone groups is 1. The zero-order valence-corrected chi connectivity index (χ0v) is 18.7. The van der Waals surface area contributed by atoms with Gasteiger partial charge in [-0.15, -0.1) is 11.3 Å². The molecule has 30 heavy (non-hydrogen) atoms. The zero-order chi connectivity index (χ0) is 21.3. The van der Waals surface area contributed by atoms with E-state index in [9.17, 15) is 17.2 Å². The predicted molar refractivity (Wildman–Crippen MR) is 115 cm³/mol. The van der Waals surface area contributed by atoms with Gasteiger partial charge in [0.1, 0.15) is 27.6 Å². The summed E-state index contributed by atoms with van der Waals surface area (Å²) in [4.78, 5) is 5.71. The molecule has 1 aromatic carbocycles. The Morgan fingerprint density at radius 1 is 1.27 bits per heavy atom. The molecule has 2 fully saturated rings. The molecule has 4 rings (SSSR count). The van der Waals surface area contributed by atoms with E-state index in [-0.39, 0.29) is 22.9 Å². The van der Waals surface area contributed by atoms with E-state index in [1.54, 1.807) is 5.38 Å². The lowest BCUT2D eigenvalue weighted by Gasteiger charge is -2.39. The Morgan fingerprint density at radius 3 is 2.77 bits per heavy atom. The van der Waals surface area contributed by atoms with E-state index in [1.165, 1.54) is 23.6 Å². The second-order valence-electron chi connectivity index (χ2n) is 7.93. The van der Waals surface area contributed by atoms with Crippen molar-refractivity contribution in [2.24, 2.45) is 0 Å². The molecule has 10 heteroatoms. The summed E-state index contributed by atoms with van der Waals surface area (Å²) in [5.74, 6) is -1.20. The summed E-state index contributed by atoms with van der Waals surface area (Å²) in [5, 5.41) is 5.54. The summed E-state index contributed by atoms with van der Waals surface area (Å²) in [6.45, 7) is 1.15. The molecule has 5 nitrogen and oxygen atoms in total. The van der Waals surface area contributed by atoms with Gasteiger partial charge in [-0.05, 0) is 31.4 Å². The van der Waals surface area contributed by atoms with Crippen LogP contribution in [0, 0.1) is 5.82 Å². The average molecular weight is 476 g/mol. The predicted octanol–water partition coefficient (Wildman–Crippen LogP) is 4.68. The number of alkyl halides is 1. The van der Waals surface area contributed by atoms with Gasteiger partial charge < -0.3 is 5.32 Å². The van der Waals surface area contributed by atoms with E-state index in [2.05, 4.69) is 15.2 Å². The molecule has 1 aliphatic heterocycles. The summed E-state index contributed by atoms with van der Waals surface area (Å²) < 4.78 is 53.8. The van der Waals surface area contributed by atoms with Gasteiger partial charge in [-0.3, -0.25) is 4.90 Å². The second kappa shape index (κ2) is 9.06. The molecule has 2 aliphatic rings. The third-order valence-electron chi connectivity index (χ3n) is 5.86. The molecular weight excluding hydrogens is 452 g/mol. The van der Waals surface area contributed by atoms with Crippen LogP contribution in [0.15, 0.2) is 28.6 Å². The maximum Gasteiger partial charge on any atom is 0.187 e. The van der Waals surface area contributed by atoms with Crippen molar-refractivity contribution in [1.82, 2.24) is 9.88 Å². The SMILES string of the molecule is O=S(=O)(Cc1nccs1)c1cc(Cl)c(N[C@H]2CCCC[C@@H]2N2CCC(F)C2)cc1F. The molecule has 1 saturated heterocycles. The number of hydrogen-bond donors (Lipinski definition) is 1. The lowest BCUT2D eigenvalue weighted by molar-refractivity contribution is 0.165. The number of hydrogen-bond acceptors (Lipinski definition) is 6. The van der Waals surface area contributed by atoms with Gasteiger partial charge in [0, 0.05) is 36.8 Å². The summed E-state index contributed by atoms with van der Waals surface area (Å²) in [6.07, 6.45) is 5.19. The minimum Gasteiger partial charge on any atom is -0.379 e. The zero-order valence-electron chi connectivity index (χ0n) is 16.4. The van der Waals surface area contributed by atoms with Crippen LogP contribution in [0.2, 0.25) is 5.02 Å². The van der Waals surface area contributed by atoms with Crippen molar-refractivity contribution >= 4 is 38.5 Å². The van der Waals surface area contributed by atoms with E-state index >= 15 is 0 Å². The number of nitrogens with one attached hydrogen (secondary N) is 1. The largest absolute Gasteiger partial charge is 0.379 e. The molecule has 3 atom stereocenters. The van der Waals surface area contributed by atoms with Crippen LogP contribution in [0.4, 0.5) is 14.5 Å². The van der Waals surface area contributed by atoms with Crippen LogP contribution in [-0.2, 0) is 15.6 Å². The molecule has 0 spiro atoms. The number of likely N-dealkylation sites (tertiary alicyclic amines) is 1. The first kappa shape index (κ1) is 21.9. The van der Waals surface area contributed by atoms with E-state index < -0.39 is 26.7 Å². The van der Waals surface area contributed by atoms with Crippen molar-refractivity contribution in [2.45, 2.75) is 61.0 Å². The van der Waals surface area contributed by atoms with E-state index in [1.807, 2.05) is 0 Å². The Hall–Kier alpha value is -1.29. The summed E-state index contributed by atoms with van der Waals surface area (Å²) in [7, 11) is -3.91. The Kier molecular flexibility index (Phi) is 6.62. The molecule has 164 valence electrons. The highest BCUT2D eigenvalue weighted by Gasteiger charge is 2.35. The van der Waals surface area contributed by atoms with Gasteiger partial charge in [0.15, 0.2) is 9.84 Å². The van der Waals surface area contributed by atoms with Crippen LogP contribution in [0.5, 0.6) is 0 Å². The first-order chi connectivity index (χ1) is 14.3. The van der Waals surface area contributed by atoms with Crippen LogP contribution in [0.25, 0.3) is 0 Å². The van der Waals surface area contributed by atoms with Crippen LogP contribution in [0.3, 0.4) is 0 Å². The summed E-state index contributed by atoms with van der Waals surface area (Å²) in [6, 6.07) is 2.50. The summed E-state index contributed by atoms with van der Waals surface area (Å²) in [5.41, 5.74) is 0.371. The van der Waals surface area contributed by atoms with Gasteiger partial charge in [0.25, 0.3) is 0 Å². The highest BCUT2D eigenvalue weighted by molar-refractivity contribution is 7.90. The number of rotatable bonds is 6. The molecule has 1 aliphatic carbocycles. The Balaban J connectivity index is 1.54. The van der Waals surface area contributed by atoms with Crippen molar-refractivity contribution in [3.05, 3.63) is 39.6 Å². The monoisotopic (exact) mass is 475 g/mol. The molecule has 1 N–H and O–H groups in total. The van der Waals surface area contributed by atoms with E-state index in [4.69, 9.17) is 11.6 Å². The van der Waals surface area contributed by atoms with E-state index in [0.717, 1.165) is 38.3 Å². The normalized spacial score (nSPS) is 25.5. The lowest BCUT2D eigenvalue weighted by atomic mass is 9.89. The van der Waals surface area contributed by atoms with E-state index in [0.29, 0.717) is 23.7 Å². The van der Waals surface area contributed by atoms with Crippen LogP contribution in [-0.4, -0.2) is 49.6 Å². The smallest absolute Gasteiger partial charge is 0.187 e. The molecule has 2 aromatic rings. The van der Waals surface area contributed by atoms with Gasteiger partial charge >= 0.3 is 0 Å². The molecule has 2 heterocycles. The standard InChI is InChI=1S/C20H24ClF2N3O2S2/c21-14-9-19(30(27,28)12-20-24-6-8-29-20)15(23)10-17(14)25-16-3-1-2-4-18(16)26-7-5-13(22)11-26/h6,8-10,13,16,18,25H,1-5,7,11-12H2/t13?,16-,18-/m0/s1. The number of benzene rings is 1. The van der Waals surface area contributed by atoms with Crippen molar-refractivity contribution in [3.8, 4) is 0 Å². The number of nitrogens with zero attached hydrogens (tertiary/aromatic N) is 2. The molecule has 0 amide bonds. The first-order valence-corrected chi connectivity index (χ1v) is 13.0. The van der Waals surface area contributed by atoms with Gasteiger partial charge in [-0.2, -0.15) is 0 Å². The number of aromatic nitrogens is 1. The Morgan fingerprint density at radius 2 is 2.07 bits per heavy atom. The van der Waals surface area contributed by atoms with Crippen molar-refractivity contribution in [2.75, 3.05) is 18.4 Å². The maximum atomic E-state index is 14.8. The van der Waals surface area contributed by atoms with Crippen molar-refractivity contribution in [3.63, 3.8) is 0 Å².